The Morgan fingerprint density at radius 1 is 1.25 bits per heavy atom. The Morgan fingerprint density at radius 3 is 2.55 bits per heavy atom. The van der Waals surface area contributed by atoms with Crippen LogP contribution in [0.2, 0.25) is 0 Å². The normalized spacial score (nSPS) is 11.8. The van der Waals surface area contributed by atoms with Gasteiger partial charge >= 0.3 is 11.9 Å². The zero-order valence-electron chi connectivity index (χ0n) is 12.1. The van der Waals surface area contributed by atoms with Gasteiger partial charge in [0.25, 0.3) is 0 Å². The number of esters is 2. The predicted molar refractivity (Wildman–Crippen MR) is 75.2 cm³/mol. The van der Waals surface area contributed by atoms with Crippen molar-refractivity contribution < 1.29 is 19.1 Å². The molecule has 0 bridgehead atoms. The zero-order chi connectivity index (χ0) is 15.0. The van der Waals surface area contributed by atoms with Gasteiger partial charge in [0.2, 0.25) is 0 Å². The van der Waals surface area contributed by atoms with Crippen LogP contribution in [0, 0.1) is 6.92 Å². The van der Waals surface area contributed by atoms with Gasteiger partial charge in [0.05, 0.1) is 26.7 Å². The van der Waals surface area contributed by atoms with E-state index in [4.69, 9.17) is 4.74 Å². The van der Waals surface area contributed by atoms with Gasteiger partial charge in [0.1, 0.15) is 0 Å². The lowest BCUT2D eigenvalue weighted by Crippen LogP contribution is -2.30. The molecule has 1 aromatic carbocycles. The first-order chi connectivity index (χ1) is 9.58. The molecule has 0 fully saturated rings. The minimum absolute atomic E-state index is 0.0505. The third-order valence-corrected chi connectivity index (χ3v) is 2.96. The summed E-state index contributed by atoms with van der Waals surface area (Å²) in [5, 5.41) is 3.04. The zero-order valence-corrected chi connectivity index (χ0v) is 12.1. The molecule has 0 aliphatic heterocycles. The molecule has 1 aromatic rings. The second-order valence-corrected chi connectivity index (χ2v) is 4.38. The second kappa shape index (κ2) is 8.32. The molecular formula is C15H21NO4. The van der Waals surface area contributed by atoms with Crippen LogP contribution in [0.3, 0.4) is 0 Å². The van der Waals surface area contributed by atoms with E-state index in [2.05, 4.69) is 10.1 Å². The summed E-state index contributed by atoms with van der Waals surface area (Å²) >= 11 is 0. The molecule has 110 valence electrons. The monoisotopic (exact) mass is 279 g/mol. The summed E-state index contributed by atoms with van der Waals surface area (Å²) in [7, 11) is 1.33. The number of benzene rings is 1. The third kappa shape index (κ3) is 5.01. The van der Waals surface area contributed by atoms with Crippen molar-refractivity contribution in [2.75, 3.05) is 20.3 Å². The minimum Gasteiger partial charge on any atom is -0.468 e. The number of carbonyl (C=O) groups excluding carboxylic acids is 2. The maximum absolute atomic E-state index is 11.7. The Hall–Kier alpha value is -1.88. The van der Waals surface area contributed by atoms with Crippen LogP contribution >= 0.6 is 0 Å². The van der Waals surface area contributed by atoms with Crippen molar-refractivity contribution in [3.8, 4) is 0 Å². The van der Waals surface area contributed by atoms with Crippen molar-refractivity contribution >= 4 is 11.9 Å². The van der Waals surface area contributed by atoms with E-state index in [1.807, 2.05) is 31.2 Å². The van der Waals surface area contributed by atoms with Gasteiger partial charge in [-0.1, -0.05) is 24.3 Å². The predicted octanol–water partition coefficient (Wildman–Crippen LogP) is 1.75. The van der Waals surface area contributed by atoms with Crippen LogP contribution in [0.4, 0.5) is 0 Å². The molecule has 1 unspecified atom stereocenters. The molecule has 20 heavy (non-hydrogen) atoms. The smallest absolute Gasteiger partial charge is 0.319 e. The SMILES string of the molecule is CCOC(=O)CC(NCC(=O)OC)c1ccccc1C. The number of rotatable bonds is 7. The van der Waals surface area contributed by atoms with Crippen LogP contribution in [0.5, 0.6) is 0 Å². The van der Waals surface area contributed by atoms with Gasteiger partial charge in [-0.05, 0) is 25.0 Å². The van der Waals surface area contributed by atoms with Crippen LogP contribution in [0.1, 0.15) is 30.5 Å². The van der Waals surface area contributed by atoms with Gasteiger partial charge in [-0.2, -0.15) is 0 Å². The summed E-state index contributed by atoms with van der Waals surface area (Å²) in [6.07, 6.45) is 0.176. The molecule has 0 saturated carbocycles. The first-order valence-electron chi connectivity index (χ1n) is 6.59. The largest absolute Gasteiger partial charge is 0.468 e. The Balaban J connectivity index is 2.81. The number of aryl methyl sites for hydroxylation is 1. The van der Waals surface area contributed by atoms with E-state index in [0.29, 0.717) is 6.61 Å². The highest BCUT2D eigenvalue weighted by Gasteiger charge is 2.19. The van der Waals surface area contributed by atoms with Gasteiger partial charge in [-0.3, -0.25) is 14.9 Å². The average molecular weight is 279 g/mol. The molecule has 0 aromatic heterocycles. The van der Waals surface area contributed by atoms with Crippen molar-refractivity contribution in [2.45, 2.75) is 26.3 Å². The molecule has 1 N–H and O–H groups in total. The van der Waals surface area contributed by atoms with E-state index in [1.165, 1.54) is 7.11 Å². The molecule has 0 heterocycles. The van der Waals surface area contributed by atoms with Gasteiger partial charge < -0.3 is 9.47 Å². The number of hydrogen-bond donors (Lipinski definition) is 1. The van der Waals surface area contributed by atoms with Crippen molar-refractivity contribution in [1.29, 1.82) is 0 Å². The lowest BCUT2D eigenvalue weighted by Gasteiger charge is -2.19. The Bertz CT molecular complexity index is 459. The van der Waals surface area contributed by atoms with Crippen molar-refractivity contribution in [3.63, 3.8) is 0 Å². The van der Waals surface area contributed by atoms with Gasteiger partial charge in [0.15, 0.2) is 0 Å². The van der Waals surface area contributed by atoms with E-state index in [-0.39, 0.29) is 30.9 Å². The Morgan fingerprint density at radius 2 is 1.95 bits per heavy atom. The molecule has 0 aliphatic carbocycles. The molecule has 5 nitrogen and oxygen atoms in total. The van der Waals surface area contributed by atoms with Gasteiger partial charge in [-0.15, -0.1) is 0 Å². The number of hydrogen-bond acceptors (Lipinski definition) is 5. The molecule has 0 aliphatic rings. The van der Waals surface area contributed by atoms with Crippen LogP contribution in [-0.2, 0) is 19.1 Å². The highest BCUT2D eigenvalue weighted by atomic mass is 16.5. The van der Waals surface area contributed by atoms with Crippen LogP contribution in [0.25, 0.3) is 0 Å². The molecule has 0 spiro atoms. The molecular weight excluding hydrogens is 258 g/mol. The number of carbonyl (C=O) groups is 2. The fourth-order valence-corrected chi connectivity index (χ4v) is 1.94. The van der Waals surface area contributed by atoms with E-state index in [9.17, 15) is 9.59 Å². The first kappa shape index (κ1) is 16.2. The topological polar surface area (TPSA) is 64.6 Å². The maximum atomic E-state index is 11.7. The van der Waals surface area contributed by atoms with Gasteiger partial charge in [0, 0.05) is 6.04 Å². The third-order valence-electron chi connectivity index (χ3n) is 2.96. The number of ether oxygens (including phenoxy) is 2. The van der Waals surface area contributed by atoms with Crippen LogP contribution in [0.15, 0.2) is 24.3 Å². The van der Waals surface area contributed by atoms with Gasteiger partial charge in [-0.25, -0.2) is 0 Å². The second-order valence-electron chi connectivity index (χ2n) is 4.38. The van der Waals surface area contributed by atoms with E-state index < -0.39 is 0 Å². The van der Waals surface area contributed by atoms with Crippen LogP contribution in [-0.4, -0.2) is 32.2 Å². The molecule has 0 saturated heterocycles. The van der Waals surface area contributed by atoms with Crippen molar-refractivity contribution in [2.24, 2.45) is 0 Å². The maximum Gasteiger partial charge on any atom is 0.319 e. The fourth-order valence-electron chi connectivity index (χ4n) is 1.94. The molecule has 0 amide bonds. The fraction of sp³-hybridized carbons (Fsp3) is 0.467. The Kier molecular flexibility index (Phi) is 6.73. The summed E-state index contributed by atoms with van der Waals surface area (Å²) in [5.41, 5.74) is 2.03. The highest BCUT2D eigenvalue weighted by Crippen LogP contribution is 2.21. The molecule has 1 atom stereocenters. The highest BCUT2D eigenvalue weighted by molar-refractivity contribution is 5.72. The van der Waals surface area contributed by atoms with E-state index >= 15 is 0 Å². The van der Waals surface area contributed by atoms with Crippen molar-refractivity contribution in [1.82, 2.24) is 5.32 Å². The number of nitrogens with one attached hydrogen (secondary N) is 1. The Labute approximate surface area is 119 Å². The lowest BCUT2D eigenvalue weighted by molar-refractivity contribution is -0.144. The standard InChI is InChI=1S/C15H21NO4/c1-4-20-14(17)9-13(16-10-15(18)19-3)12-8-6-5-7-11(12)2/h5-8,13,16H,4,9-10H2,1-3H3. The van der Waals surface area contributed by atoms with Crippen molar-refractivity contribution in [3.05, 3.63) is 35.4 Å². The van der Waals surface area contributed by atoms with E-state index in [1.54, 1.807) is 6.92 Å². The van der Waals surface area contributed by atoms with Crippen LogP contribution < -0.4 is 5.32 Å². The summed E-state index contributed by atoms with van der Waals surface area (Å²) in [6, 6.07) is 7.46. The first-order valence-corrected chi connectivity index (χ1v) is 6.59. The summed E-state index contributed by atoms with van der Waals surface area (Å²) < 4.78 is 9.57. The quantitative estimate of drug-likeness (QED) is 0.770. The summed E-state index contributed by atoms with van der Waals surface area (Å²) in [5.74, 6) is -0.662. The molecule has 5 heteroatoms. The summed E-state index contributed by atoms with van der Waals surface area (Å²) in [6.45, 7) is 4.13. The molecule has 1 rings (SSSR count). The number of methoxy groups -OCH3 is 1. The summed E-state index contributed by atoms with van der Waals surface area (Å²) in [4.78, 5) is 22.9. The average Bonchev–Trinajstić information content (AvgIpc) is 2.44. The lowest BCUT2D eigenvalue weighted by atomic mass is 9.99. The van der Waals surface area contributed by atoms with E-state index in [0.717, 1.165) is 11.1 Å². The minimum atomic E-state index is -0.368. The molecule has 0 radical (unpaired) electrons.